The zero-order chi connectivity index (χ0) is 13.0. The molecule has 1 rings (SSSR count). The van der Waals surface area contributed by atoms with E-state index in [0.717, 1.165) is 12.3 Å². The van der Waals surface area contributed by atoms with Gasteiger partial charge in [-0.1, -0.05) is 0 Å². The molecule has 1 aromatic rings. The lowest BCUT2D eigenvalue weighted by atomic mass is 10.2. The summed E-state index contributed by atoms with van der Waals surface area (Å²) in [5.74, 6) is -0.216. The normalized spacial score (nSPS) is 13.2. The predicted molar refractivity (Wildman–Crippen MR) is 56.3 cm³/mol. The Bertz CT molecular complexity index is 374. The lowest BCUT2D eigenvalue weighted by Gasteiger charge is -2.15. The molecule has 0 saturated heterocycles. The molecular formula is C9H8BrF5N2. The Balaban J connectivity index is 2.88. The Kier molecular flexibility index (Phi) is 5.10. The molecule has 0 bridgehead atoms. The molecule has 1 atom stereocenters. The van der Waals surface area contributed by atoms with E-state index in [1.54, 1.807) is 0 Å². The van der Waals surface area contributed by atoms with Gasteiger partial charge in [0.2, 0.25) is 0 Å². The van der Waals surface area contributed by atoms with E-state index in [9.17, 15) is 22.0 Å². The fourth-order valence-corrected chi connectivity index (χ4v) is 1.45. The number of nitrogens with one attached hydrogen (secondary N) is 1. The van der Waals surface area contributed by atoms with Crippen LogP contribution in [0.5, 0.6) is 0 Å². The highest BCUT2D eigenvalue weighted by atomic mass is 79.9. The first-order valence-electron chi connectivity index (χ1n) is 4.50. The zero-order valence-corrected chi connectivity index (χ0v) is 9.89. The summed E-state index contributed by atoms with van der Waals surface area (Å²) < 4.78 is 61.7. The second kappa shape index (κ2) is 6.13. The first kappa shape index (κ1) is 14.1. The molecule has 1 heterocycles. The molecule has 0 radical (unpaired) electrons. The molecule has 96 valence electrons. The maximum atomic E-state index is 12.5. The van der Waals surface area contributed by atoms with Crippen LogP contribution in [-0.4, -0.2) is 24.1 Å². The van der Waals surface area contributed by atoms with Crippen LogP contribution in [0.3, 0.4) is 0 Å². The minimum atomic E-state index is -2.94. The van der Waals surface area contributed by atoms with E-state index in [1.807, 2.05) is 0 Å². The third-order valence-electron chi connectivity index (χ3n) is 1.92. The quantitative estimate of drug-likeness (QED) is 0.835. The molecular weight excluding hydrogens is 311 g/mol. The van der Waals surface area contributed by atoms with Gasteiger partial charge in [-0.15, -0.1) is 0 Å². The monoisotopic (exact) mass is 318 g/mol. The van der Waals surface area contributed by atoms with Crippen molar-refractivity contribution in [3.05, 3.63) is 22.3 Å². The number of hydrogen-bond acceptors (Lipinski definition) is 2. The van der Waals surface area contributed by atoms with Gasteiger partial charge in [0.25, 0.3) is 12.9 Å². The molecule has 1 N–H and O–H groups in total. The van der Waals surface area contributed by atoms with E-state index in [1.165, 1.54) is 0 Å². The molecule has 0 aliphatic rings. The van der Waals surface area contributed by atoms with Gasteiger partial charge in [-0.05, 0) is 22.0 Å². The van der Waals surface area contributed by atoms with Crippen LogP contribution in [0.1, 0.15) is 12.0 Å². The van der Waals surface area contributed by atoms with Gasteiger partial charge in [-0.25, -0.2) is 26.9 Å². The predicted octanol–water partition coefficient (Wildman–Crippen LogP) is 3.80. The van der Waals surface area contributed by atoms with Crippen LogP contribution in [-0.2, 0) is 0 Å². The first-order chi connectivity index (χ1) is 7.95. The van der Waals surface area contributed by atoms with Crippen molar-refractivity contribution in [2.75, 3.05) is 12.0 Å². The molecule has 0 fully saturated rings. The summed E-state index contributed by atoms with van der Waals surface area (Å²) in [5.41, 5.74) is -0.394. The third kappa shape index (κ3) is 3.79. The van der Waals surface area contributed by atoms with E-state index in [4.69, 9.17) is 0 Å². The molecule has 8 heteroatoms. The summed E-state index contributed by atoms with van der Waals surface area (Å²) in [5, 5.41) is 2.06. The van der Waals surface area contributed by atoms with Crippen molar-refractivity contribution in [2.45, 2.75) is 18.9 Å². The molecule has 0 aliphatic carbocycles. The Morgan fingerprint density at radius 1 is 1.29 bits per heavy atom. The fraction of sp³-hybridized carbons (Fsp3) is 0.444. The summed E-state index contributed by atoms with van der Waals surface area (Å²) in [6, 6.07) is -0.853. The largest absolute Gasteiger partial charge is 0.359 e. The summed E-state index contributed by atoms with van der Waals surface area (Å²) in [6.07, 6.45) is -4.67. The Morgan fingerprint density at radius 2 is 1.94 bits per heavy atom. The number of aromatic nitrogens is 1. The van der Waals surface area contributed by atoms with E-state index in [-0.39, 0.29) is 10.3 Å². The van der Waals surface area contributed by atoms with Gasteiger partial charge in [-0.3, -0.25) is 0 Å². The van der Waals surface area contributed by atoms with Gasteiger partial charge in [0.1, 0.15) is 18.5 Å². The van der Waals surface area contributed by atoms with Crippen LogP contribution in [0.25, 0.3) is 0 Å². The Hall–Kier alpha value is -0.920. The van der Waals surface area contributed by atoms with Gasteiger partial charge in [-0.2, -0.15) is 0 Å². The smallest absolute Gasteiger partial charge is 0.265 e. The summed E-state index contributed by atoms with van der Waals surface area (Å²) in [4.78, 5) is 3.60. The lowest BCUT2D eigenvalue weighted by Crippen LogP contribution is -2.30. The summed E-state index contributed by atoms with van der Waals surface area (Å²) in [7, 11) is 0. The number of halogens is 6. The Morgan fingerprint density at radius 3 is 2.41 bits per heavy atom. The van der Waals surface area contributed by atoms with Crippen molar-refractivity contribution in [1.82, 2.24) is 4.98 Å². The highest BCUT2D eigenvalue weighted by molar-refractivity contribution is 9.10. The zero-order valence-electron chi connectivity index (χ0n) is 8.31. The van der Waals surface area contributed by atoms with Crippen LogP contribution >= 0.6 is 15.9 Å². The maximum absolute atomic E-state index is 12.5. The highest BCUT2D eigenvalue weighted by Gasteiger charge is 2.21. The topological polar surface area (TPSA) is 24.9 Å². The average Bonchev–Trinajstić information content (AvgIpc) is 2.27. The number of nitrogens with zero attached hydrogens (tertiary/aromatic N) is 1. The SMILES string of the molecule is FCC(Nc1cc(C(F)F)c(Br)cn1)C(F)F. The number of hydrogen-bond donors (Lipinski definition) is 1. The van der Waals surface area contributed by atoms with Gasteiger partial charge < -0.3 is 5.32 Å². The van der Waals surface area contributed by atoms with Gasteiger partial charge in [0.05, 0.1) is 0 Å². The highest BCUT2D eigenvalue weighted by Crippen LogP contribution is 2.28. The molecule has 0 saturated carbocycles. The molecule has 0 amide bonds. The fourth-order valence-electron chi connectivity index (χ4n) is 1.06. The molecule has 0 aromatic carbocycles. The number of alkyl halides is 5. The van der Waals surface area contributed by atoms with E-state index < -0.39 is 31.1 Å². The summed E-state index contributed by atoms with van der Waals surface area (Å²) >= 11 is 2.85. The van der Waals surface area contributed by atoms with Gasteiger partial charge in [0.15, 0.2) is 0 Å². The van der Waals surface area contributed by atoms with Crippen molar-refractivity contribution in [3.63, 3.8) is 0 Å². The number of pyridine rings is 1. The minimum absolute atomic E-state index is 0.0619. The number of rotatable bonds is 5. The average molecular weight is 319 g/mol. The van der Waals surface area contributed by atoms with Crippen molar-refractivity contribution in [1.29, 1.82) is 0 Å². The van der Waals surface area contributed by atoms with Gasteiger partial charge >= 0.3 is 0 Å². The van der Waals surface area contributed by atoms with Crippen molar-refractivity contribution >= 4 is 21.7 Å². The molecule has 0 aliphatic heterocycles. The van der Waals surface area contributed by atoms with E-state index in [0.29, 0.717) is 0 Å². The van der Waals surface area contributed by atoms with Crippen LogP contribution in [0.2, 0.25) is 0 Å². The number of anilines is 1. The maximum Gasteiger partial charge on any atom is 0.265 e. The second-order valence-corrected chi connectivity index (χ2v) is 3.99. The molecule has 2 nitrogen and oxygen atoms in total. The lowest BCUT2D eigenvalue weighted by molar-refractivity contribution is 0.112. The van der Waals surface area contributed by atoms with Crippen molar-refractivity contribution in [3.8, 4) is 0 Å². The first-order valence-corrected chi connectivity index (χ1v) is 5.29. The summed E-state index contributed by atoms with van der Waals surface area (Å²) in [6.45, 7) is -1.32. The van der Waals surface area contributed by atoms with Crippen molar-refractivity contribution in [2.24, 2.45) is 0 Å². The van der Waals surface area contributed by atoms with Gasteiger partial charge in [0, 0.05) is 16.2 Å². The second-order valence-electron chi connectivity index (χ2n) is 3.13. The standard InChI is InChI=1S/C9H8BrF5N2/c10-5-3-16-7(1-4(5)8(12)13)17-6(2-11)9(14)15/h1,3,6,8-9H,2H2,(H,16,17). The molecule has 17 heavy (non-hydrogen) atoms. The molecule has 0 spiro atoms. The van der Waals surface area contributed by atoms with E-state index in [2.05, 4.69) is 26.2 Å². The third-order valence-corrected chi connectivity index (χ3v) is 2.59. The van der Waals surface area contributed by atoms with Crippen LogP contribution in [0.15, 0.2) is 16.7 Å². The van der Waals surface area contributed by atoms with Crippen LogP contribution < -0.4 is 5.32 Å². The molecule has 1 unspecified atom stereocenters. The van der Waals surface area contributed by atoms with Crippen molar-refractivity contribution < 1.29 is 22.0 Å². The van der Waals surface area contributed by atoms with E-state index >= 15 is 0 Å². The van der Waals surface area contributed by atoms with Crippen LogP contribution in [0.4, 0.5) is 27.8 Å². The minimum Gasteiger partial charge on any atom is -0.359 e. The molecule has 1 aromatic heterocycles. The van der Waals surface area contributed by atoms with Crippen LogP contribution in [0, 0.1) is 0 Å². The Labute approximate surface area is 102 Å².